The normalized spacial score (nSPS) is 22.6. The molecule has 4 aromatic rings. The molecular formula is C22H24N6. The minimum Gasteiger partial charge on any atom is -0.350 e. The molecule has 0 bridgehead atoms. The molecule has 0 amide bonds. The number of hydrogen-bond acceptors (Lipinski definition) is 5. The number of fused-ring (bicyclic) bond motifs is 2. The van der Waals surface area contributed by atoms with Crippen molar-refractivity contribution < 1.29 is 0 Å². The zero-order valence-electron chi connectivity index (χ0n) is 16.0. The first-order chi connectivity index (χ1) is 13.6. The molecule has 0 aliphatic heterocycles. The molecule has 28 heavy (non-hydrogen) atoms. The van der Waals surface area contributed by atoms with Crippen LogP contribution in [0.2, 0.25) is 0 Å². The maximum Gasteiger partial charge on any atom is 0.241 e. The average Bonchev–Trinajstić information content (AvgIpc) is 3.12. The lowest BCUT2D eigenvalue weighted by molar-refractivity contribution is 0.305. The van der Waals surface area contributed by atoms with Crippen molar-refractivity contribution in [3.63, 3.8) is 0 Å². The van der Waals surface area contributed by atoms with Gasteiger partial charge in [0.05, 0.1) is 17.2 Å². The monoisotopic (exact) mass is 372 g/mol. The van der Waals surface area contributed by atoms with E-state index in [1.165, 1.54) is 0 Å². The molecule has 1 aliphatic rings. The molecule has 1 aliphatic carbocycles. The number of aromatic nitrogens is 4. The highest BCUT2D eigenvalue weighted by atomic mass is 15.3. The molecule has 6 heteroatoms. The number of hydrogen-bond donors (Lipinski definition) is 2. The van der Waals surface area contributed by atoms with Crippen LogP contribution in [0.25, 0.3) is 27.5 Å². The van der Waals surface area contributed by atoms with Crippen LogP contribution in [0.5, 0.6) is 0 Å². The van der Waals surface area contributed by atoms with Gasteiger partial charge in [-0.15, -0.1) is 5.10 Å². The molecule has 1 saturated carbocycles. The van der Waals surface area contributed by atoms with Gasteiger partial charge in [-0.1, -0.05) is 12.1 Å². The number of anilines is 1. The van der Waals surface area contributed by atoms with E-state index >= 15 is 0 Å². The Bertz CT molecular complexity index is 1140. The lowest BCUT2D eigenvalue weighted by Gasteiger charge is -2.34. The van der Waals surface area contributed by atoms with Gasteiger partial charge in [0, 0.05) is 34.9 Å². The first kappa shape index (κ1) is 17.1. The summed E-state index contributed by atoms with van der Waals surface area (Å²) in [4.78, 5) is 8.97. The second-order valence-electron chi connectivity index (χ2n) is 8.12. The quantitative estimate of drug-likeness (QED) is 0.568. The topological polar surface area (TPSA) is 81.1 Å². The van der Waals surface area contributed by atoms with Crippen molar-refractivity contribution in [2.24, 2.45) is 5.73 Å². The summed E-state index contributed by atoms with van der Waals surface area (Å²) in [7, 11) is 0. The fourth-order valence-corrected chi connectivity index (χ4v) is 4.06. The predicted octanol–water partition coefficient (Wildman–Crippen LogP) is 4.02. The average molecular weight is 372 g/mol. The Morgan fingerprint density at radius 3 is 2.86 bits per heavy atom. The molecule has 3 heterocycles. The molecule has 3 aromatic heterocycles. The summed E-state index contributed by atoms with van der Waals surface area (Å²) in [5.74, 6) is 0.669. The third kappa shape index (κ3) is 3.20. The van der Waals surface area contributed by atoms with Crippen molar-refractivity contribution in [3.8, 4) is 11.1 Å². The summed E-state index contributed by atoms with van der Waals surface area (Å²) in [6.07, 6.45) is 9.86. The van der Waals surface area contributed by atoms with Crippen molar-refractivity contribution in [1.29, 1.82) is 0 Å². The number of rotatable bonds is 3. The van der Waals surface area contributed by atoms with Gasteiger partial charge in [0.25, 0.3) is 0 Å². The number of nitrogens with two attached hydrogens (primary N) is 1. The van der Waals surface area contributed by atoms with E-state index in [-0.39, 0.29) is 5.54 Å². The first-order valence-corrected chi connectivity index (χ1v) is 9.82. The SMILES string of the molecule is CC1(N)CCC(Nc2ncc3c(-c4ccc5ncccc5c4)ccn3n2)CC1. The third-order valence-corrected chi connectivity index (χ3v) is 5.79. The predicted molar refractivity (Wildman–Crippen MR) is 112 cm³/mol. The fourth-order valence-electron chi connectivity index (χ4n) is 4.06. The molecule has 0 saturated heterocycles. The van der Waals surface area contributed by atoms with Crippen molar-refractivity contribution >= 4 is 22.4 Å². The van der Waals surface area contributed by atoms with E-state index < -0.39 is 0 Å². The van der Waals surface area contributed by atoms with Gasteiger partial charge in [-0.2, -0.15) is 0 Å². The molecule has 0 radical (unpaired) electrons. The second-order valence-corrected chi connectivity index (χ2v) is 8.12. The minimum absolute atomic E-state index is 0.0340. The van der Waals surface area contributed by atoms with Crippen molar-refractivity contribution in [3.05, 3.63) is 55.0 Å². The van der Waals surface area contributed by atoms with E-state index in [0.717, 1.165) is 53.2 Å². The third-order valence-electron chi connectivity index (χ3n) is 5.79. The largest absolute Gasteiger partial charge is 0.350 e. The standard InChI is InChI=1S/C22H24N6/c1-22(23)9-6-17(7-10-22)26-21-25-14-20-18(8-12-28(20)27-21)15-4-5-19-16(13-15)3-2-11-24-19/h2-5,8,11-14,17H,6-7,9-10,23H2,1H3,(H,26,27). The van der Waals surface area contributed by atoms with Crippen LogP contribution in [-0.2, 0) is 0 Å². The first-order valence-electron chi connectivity index (χ1n) is 9.82. The zero-order valence-corrected chi connectivity index (χ0v) is 16.0. The van der Waals surface area contributed by atoms with Crippen LogP contribution >= 0.6 is 0 Å². The maximum absolute atomic E-state index is 6.23. The number of nitrogens with one attached hydrogen (secondary N) is 1. The highest BCUT2D eigenvalue weighted by Crippen LogP contribution is 2.29. The summed E-state index contributed by atoms with van der Waals surface area (Å²) < 4.78 is 1.90. The molecule has 6 nitrogen and oxygen atoms in total. The zero-order chi connectivity index (χ0) is 19.1. The van der Waals surface area contributed by atoms with Crippen LogP contribution in [0.1, 0.15) is 32.6 Å². The Kier molecular flexibility index (Phi) is 4.02. The van der Waals surface area contributed by atoms with Gasteiger partial charge in [-0.3, -0.25) is 4.98 Å². The Morgan fingerprint density at radius 1 is 1.14 bits per heavy atom. The smallest absolute Gasteiger partial charge is 0.241 e. The fraction of sp³-hybridized carbons (Fsp3) is 0.318. The molecular weight excluding hydrogens is 348 g/mol. The van der Waals surface area contributed by atoms with Crippen LogP contribution in [0, 0.1) is 0 Å². The Labute approximate surface area is 163 Å². The van der Waals surface area contributed by atoms with Gasteiger partial charge >= 0.3 is 0 Å². The van der Waals surface area contributed by atoms with Gasteiger partial charge in [-0.05, 0) is 62.4 Å². The van der Waals surface area contributed by atoms with E-state index in [1.54, 1.807) is 0 Å². The summed E-state index contributed by atoms with van der Waals surface area (Å²) >= 11 is 0. The Balaban J connectivity index is 1.41. The molecule has 1 aromatic carbocycles. The van der Waals surface area contributed by atoms with Gasteiger partial charge in [0.1, 0.15) is 0 Å². The molecule has 0 atom stereocenters. The molecule has 142 valence electrons. The van der Waals surface area contributed by atoms with Gasteiger partial charge in [-0.25, -0.2) is 9.50 Å². The Hall–Kier alpha value is -2.99. The van der Waals surface area contributed by atoms with E-state index in [9.17, 15) is 0 Å². The highest BCUT2D eigenvalue weighted by molar-refractivity contribution is 5.88. The van der Waals surface area contributed by atoms with Crippen LogP contribution in [0.15, 0.2) is 55.0 Å². The summed E-state index contributed by atoms with van der Waals surface area (Å²) in [6.45, 7) is 2.13. The van der Waals surface area contributed by atoms with Gasteiger partial charge in [0.2, 0.25) is 5.95 Å². The summed E-state index contributed by atoms with van der Waals surface area (Å²) in [5, 5.41) is 9.27. The van der Waals surface area contributed by atoms with Crippen LogP contribution in [0.4, 0.5) is 5.95 Å². The van der Waals surface area contributed by atoms with Crippen LogP contribution < -0.4 is 11.1 Å². The minimum atomic E-state index is -0.0340. The van der Waals surface area contributed by atoms with Gasteiger partial charge < -0.3 is 11.1 Å². The second kappa shape index (κ2) is 6.56. The number of benzene rings is 1. The molecule has 0 unspecified atom stereocenters. The summed E-state index contributed by atoms with van der Waals surface area (Å²) in [5.41, 5.74) is 10.5. The van der Waals surface area contributed by atoms with Gasteiger partial charge in [0.15, 0.2) is 0 Å². The number of nitrogens with zero attached hydrogens (tertiary/aromatic N) is 4. The highest BCUT2D eigenvalue weighted by Gasteiger charge is 2.27. The summed E-state index contributed by atoms with van der Waals surface area (Å²) in [6, 6.07) is 12.8. The number of pyridine rings is 1. The lowest BCUT2D eigenvalue weighted by Crippen LogP contribution is -2.43. The van der Waals surface area contributed by atoms with Crippen molar-refractivity contribution in [2.45, 2.75) is 44.2 Å². The van der Waals surface area contributed by atoms with Crippen molar-refractivity contribution in [2.75, 3.05) is 5.32 Å². The molecule has 5 rings (SSSR count). The van der Waals surface area contributed by atoms with Crippen molar-refractivity contribution in [1.82, 2.24) is 19.6 Å². The van der Waals surface area contributed by atoms with Crippen LogP contribution in [0.3, 0.4) is 0 Å². The lowest BCUT2D eigenvalue weighted by atomic mass is 9.82. The Morgan fingerprint density at radius 2 is 2.00 bits per heavy atom. The van der Waals surface area contributed by atoms with E-state index in [4.69, 9.17) is 5.73 Å². The van der Waals surface area contributed by atoms with E-state index in [1.807, 2.05) is 29.2 Å². The van der Waals surface area contributed by atoms with E-state index in [0.29, 0.717) is 12.0 Å². The van der Waals surface area contributed by atoms with E-state index in [2.05, 4.69) is 57.6 Å². The molecule has 3 N–H and O–H groups in total. The maximum atomic E-state index is 6.23. The molecule has 0 spiro atoms. The molecule has 1 fully saturated rings. The van der Waals surface area contributed by atoms with Crippen LogP contribution in [-0.4, -0.2) is 31.2 Å².